The molecule has 0 bridgehead atoms. The third-order valence-corrected chi connectivity index (χ3v) is 4.51. The number of para-hydroxylation sites is 1. The van der Waals surface area contributed by atoms with Gasteiger partial charge in [-0.25, -0.2) is 9.48 Å². The first-order valence-electron chi connectivity index (χ1n) is 8.48. The van der Waals surface area contributed by atoms with Gasteiger partial charge < -0.3 is 15.4 Å². The number of aryl methyl sites for hydroxylation is 1. The second-order valence-corrected chi connectivity index (χ2v) is 6.49. The summed E-state index contributed by atoms with van der Waals surface area (Å²) < 4.78 is 7.12. The van der Waals surface area contributed by atoms with Crippen LogP contribution in [0.4, 0.5) is 10.5 Å². The number of carbonyl (C=O) groups excluding carboxylic acids is 1. The maximum atomic E-state index is 12.3. The molecule has 0 fully saturated rings. The van der Waals surface area contributed by atoms with Crippen molar-refractivity contribution in [1.82, 2.24) is 15.1 Å². The SMILES string of the molecule is COc1ccc(Cl)cc1NC(=O)NCc1c(C)nn(-c2ccccc2)c1C. The van der Waals surface area contributed by atoms with Gasteiger partial charge in [-0.3, -0.25) is 0 Å². The Balaban J connectivity index is 1.71. The minimum Gasteiger partial charge on any atom is -0.495 e. The fourth-order valence-electron chi connectivity index (χ4n) is 2.86. The maximum absolute atomic E-state index is 12.3. The zero-order valence-electron chi connectivity index (χ0n) is 15.4. The molecule has 0 saturated carbocycles. The van der Waals surface area contributed by atoms with E-state index in [1.165, 1.54) is 7.11 Å². The highest BCUT2D eigenvalue weighted by atomic mass is 35.5. The van der Waals surface area contributed by atoms with Crippen LogP contribution in [0.5, 0.6) is 5.75 Å². The summed E-state index contributed by atoms with van der Waals surface area (Å²) in [6, 6.07) is 14.6. The highest BCUT2D eigenvalue weighted by molar-refractivity contribution is 6.31. The molecule has 0 spiro atoms. The molecule has 7 heteroatoms. The van der Waals surface area contributed by atoms with Gasteiger partial charge in [0.25, 0.3) is 0 Å². The van der Waals surface area contributed by atoms with Gasteiger partial charge in [0, 0.05) is 22.8 Å². The molecule has 140 valence electrons. The summed E-state index contributed by atoms with van der Waals surface area (Å²) in [4.78, 5) is 12.3. The smallest absolute Gasteiger partial charge is 0.319 e. The lowest BCUT2D eigenvalue weighted by molar-refractivity contribution is 0.251. The number of carbonyl (C=O) groups is 1. The molecule has 3 aromatic rings. The molecule has 6 nitrogen and oxygen atoms in total. The number of rotatable bonds is 5. The zero-order valence-corrected chi connectivity index (χ0v) is 16.2. The van der Waals surface area contributed by atoms with Gasteiger partial charge in [-0.2, -0.15) is 5.10 Å². The fourth-order valence-corrected chi connectivity index (χ4v) is 3.04. The summed E-state index contributed by atoms with van der Waals surface area (Å²) in [6.45, 7) is 4.28. The predicted octanol–water partition coefficient (Wildman–Crippen LogP) is 4.47. The van der Waals surface area contributed by atoms with Crippen molar-refractivity contribution in [2.45, 2.75) is 20.4 Å². The van der Waals surface area contributed by atoms with Gasteiger partial charge in [-0.1, -0.05) is 29.8 Å². The molecule has 0 aliphatic carbocycles. The molecule has 1 aromatic heterocycles. The van der Waals surface area contributed by atoms with E-state index in [2.05, 4.69) is 15.7 Å². The fraction of sp³-hybridized carbons (Fsp3) is 0.200. The van der Waals surface area contributed by atoms with Crippen molar-refractivity contribution in [3.63, 3.8) is 0 Å². The number of nitrogens with zero attached hydrogens (tertiary/aromatic N) is 2. The number of hydrogen-bond acceptors (Lipinski definition) is 3. The number of ether oxygens (including phenoxy) is 1. The number of amides is 2. The Hall–Kier alpha value is -2.99. The molecule has 2 aromatic carbocycles. The average Bonchev–Trinajstić information content (AvgIpc) is 2.95. The summed E-state index contributed by atoms with van der Waals surface area (Å²) in [6.07, 6.45) is 0. The number of urea groups is 1. The third-order valence-electron chi connectivity index (χ3n) is 4.28. The molecule has 0 aliphatic heterocycles. The first-order chi connectivity index (χ1) is 13.0. The molecule has 3 rings (SSSR count). The van der Waals surface area contributed by atoms with Gasteiger partial charge in [0.15, 0.2) is 0 Å². The van der Waals surface area contributed by atoms with E-state index in [0.29, 0.717) is 23.0 Å². The molecule has 0 atom stereocenters. The molecule has 0 radical (unpaired) electrons. The van der Waals surface area contributed by atoms with Gasteiger partial charge in [-0.05, 0) is 44.2 Å². The van der Waals surface area contributed by atoms with Gasteiger partial charge in [-0.15, -0.1) is 0 Å². The summed E-state index contributed by atoms with van der Waals surface area (Å²) in [5, 5.41) is 10.7. The lowest BCUT2D eigenvalue weighted by Gasteiger charge is -2.12. The first-order valence-corrected chi connectivity index (χ1v) is 8.86. The predicted molar refractivity (Wildman–Crippen MR) is 107 cm³/mol. The van der Waals surface area contributed by atoms with E-state index in [0.717, 1.165) is 22.6 Å². The van der Waals surface area contributed by atoms with E-state index in [1.54, 1.807) is 18.2 Å². The minimum atomic E-state index is -0.346. The first kappa shape index (κ1) is 18.8. The van der Waals surface area contributed by atoms with Crippen LogP contribution in [-0.2, 0) is 6.54 Å². The summed E-state index contributed by atoms with van der Waals surface area (Å²) in [7, 11) is 1.54. The Labute approximate surface area is 163 Å². The molecule has 0 unspecified atom stereocenters. The topological polar surface area (TPSA) is 68.2 Å². The molecular weight excluding hydrogens is 364 g/mol. The molecule has 27 heavy (non-hydrogen) atoms. The number of halogens is 1. The van der Waals surface area contributed by atoms with Crippen molar-refractivity contribution in [3.8, 4) is 11.4 Å². The third kappa shape index (κ3) is 4.23. The lowest BCUT2D eigenvalue weighted by atomic mass is 10.2. The van der Waals surface area contributed by atoms with E-state index in [-0.39, 0.29) is 6.03 Å². The second-order valence-electron chi connectivity index (χ2n) is 6.05. The molecule has 0 saturated heterocycles. The number of anilines is 1. The van der Waals surface area contributed by atoms with E-state index in [9.17, 15) is 4.79 Å². The Kier molecular flexibility index (Phi) is 5.66. The van der Waals surface area contributed by atoms with E-state index in [4.69, 9.17) is 16.3 Å². The molecule has 1 heterocycles. The largest absolute Gasteiger partial charge is 0.495 e. The summed E-state index contributed by atoms with van der Waals surface area (Å²) in [5.74, 6) is 0.541. The van der Waals surface area contributed by atoms with Crippen LogP contribution in [0.2, 0.25) is 5.02 Å². The highest BCUT2D eigenvalue weighted by Gasteiger charge is 2.14. The standard InChI is InChI=1S/C20H21ClN4O2/c1-13-17(14(2)25(24-13)16-7-5-4-6-8-16)12-22-20(26)23-18-11-15(21)9-10-19(18)27-3/h4-11H,12H2,1-3H3,(H2,22,23,26). The van der Waals surface area contributed by atoms with Crippen LogP contribution in [0.1, 0.15) is 17.0 Å². The van der Waals surface area contributed by atoms with Crippen LogP contribution in [0.15, 0.2) is 48.5 Å². The van der Waals surface area contributed by atoms with Crippen LogP contribution in [0.3, 0.4) is 0 Å². The molecule has 0 aliphatic rings. The number of methoxy groups -OCH3 is 1. The maximum Gasteiger partial charge on any atom is 0.319 e. The second kappa shape index (κ2) is 8.14. The monoisotopic (exact) mass is 384 g/mol. The van der Waals surface area contributed by atoms with Crippen molar-refractivity contribution in [2.24, 2.45) is 0 Å². The van der Waals surface area contributed by atoms with Crippen molar-refractivity contribution in [2.75, 3.05) is 12.4 Å². The zero-order chi connectivity index (χ0) is 19.4. The quantitative estimate of drug-likeness (QED) is 0.681. The average molecular weight is 385 g/mol. The molecular formula is C20H21ClN4O2. The van der Waals surface area contributed by atoms with Crippen LogP contribution in [-0.4, -0.2) is 22.9 Å². The molecule has 2 N–H and O–H groups in total. The number of benzene rings is 2. The normalized spacial score (nSPS) is 10.5. The van der Waals surface area contributed by atoms with Crippen LogP contribution in [0.25, 0.3) is 5.69 Å². The van der Waals surface area contributed by atoms with Crippen molar-refractivity contribution >= 4 is 23.3 Å². The number of nitrogens with one attached hydrogen (secondary N) is 2. The van der Waals surface area contributed by atoms with Gasteiger partial charge in [0.2, 0.25) is 0 Å². The van der Waals surface area contributed by atoms with E-state index >= 15 is 0 Å². The van der Waals surface area contributed by atoms with Crippen LogP contribution in [0, 0.1) is 13.8 Å². The summed E-state index contributed by atoms with van der Waals surface area (Å²) >= 11 is 5.99. The van der Waals surface area contributed by atoms with Gasteiger partial charge in [0.05, 0.1) is 24.2 Å². The van der Waals surface area contributed by atoms with E-state index < -0.39 is 0 Å². The van der Waals surface area contributed by atoms with Crippen molar-refractivity contribution in [3.05, 3.63) is 70.5 Å². The Bertz CT molecular complexity index is 954. The minimum absolute atomic E-state index is 0.346. The van der Waals surface area contributed by atoms with Gasteiger partial charge >= 0.3 is 6.03 Å². The summed E-state index contributed by atoms with van der Waals surface area (Å²) in [5.41, 5.74) is 4.33. The Morgan fingerprint density at radius 3 is 2.63 bits per heavy atom. The van der Waals surface area contributed by atoms with Crippen molar-refractivity contribution in [1.29, 1.82) is 0 Å². The van der Waals surface area contributed by atoms with Crippen molar-refractivity contribution < 1.29 is 9.53 Å². The Morgan fingerprint density at radius 2 is 1.93 bits per heavy atom. The highest BCUT2D eigenvalue weighted by Crippen LogP contribution is 2.27. The lowest BCUT2D eigenvalue weighted by Crippen LogP contribution is -2.28. The Morgan fingerprint density at radius 1 is 1.19 bits per heavy atom. The number of aromatic nitrogens is 2. The van der Waals surface area contributed by atoms with Crippen LogP contribution < -0.4 is 15.4 Å². The molecule has 2 amide bonds. The number of hydrogen-bond donors (Lipinski definition) is 2. The van der Waals surface area contributed by atoms with Crippen LogP contribution >= 0.6 is 11.6 Å². The van der Waals surface area contributed by atoms with Gasteiger partial charge in [0.1, 0.15) is 5.75 Å². The van der Waals surface area contributed by atoms with E-state index in [1.807, 2.05) is 48.9 Å².